The Kier molecular flexibility index (Phi) is 4.74. The number of benzene rings is 1. The molecule has 0 aliphatic rings. The second kappa shape index (κ2) is 6.53. The van der Waals surface area contributed by atoms with Crippen molar-refractivity contribution in [2.45, 2.75) is 6.92 Å². The number of halogens is 1. The van der Waals surface area contributed by atoms with Gasteiger partial charge in [-0.05, 0) is 35.0 Å². The molecule has 21 heavy (non-hydrogen) atoms. The number of hydrogen-bond donors (Lipinski definition) is 2. The number of nitrogens with one attached hydrogen (secondary N) is 1. The molecule has 0 spiro atoms. The monoisotopic (exact) mass is 351 g/mol. The van der Waals surface area contributed by atoms with Gasteiger partial charge in [0.05, 0.1) is 11.2 Å². The minimum Gasteiger partial charge on any atom is -0.480 e. The molecule has 0 saturated carbocycles. The molecule has 2 rings (SSSR count). The van der Waals surface area contributed by atoms with Crippen LogP contribution in [-0.4, -0.2) is 40.1 Å². The maximum atomic E-state index is 12.1. The number of fused-ring (bicyclic) bond motifs is 1. The van der Waals surface area contributed by atoms with Gasteiger partial charge in [0.15, 0.2) is 0 Å². The maximum absolute atomic E-state index is 12.1. The summed E-state index contributed by atoms with van der Waals surface area (Å²) in [5, 5.41) is 12.4. The molecule has 0 radical (unpaired) electrons. The van der Waals surface area contributed by atoms with Crippen LogP contribution in [0.3, 0.4) is 0 Å². The van der Waals surface area contributed by atoms with Crippen molar-refractivity contribution in [1.29, 1.82) is 0 Å². The Morgan fingerprint density at radius 2 is 2.19 bits per heavy atom. The van der Waals surface area contributed by atoms with Crippen LogP contribution in [0, 0.1) is 0 Å². The number of aliphatic carboxylic acids is 1. The minimum absolute atomic E-state index is 0.307. The average Bonchev–Trinajstić information content (AvgIpc) is 2.44. The Hall–Kier alpha value is -2.15. The van der Waals surface area contributed by atoms with Crippen molar-refractivity contribution in [3.63, 3.8) is 0 Å². The molecular weight excluding hydrogens is 338 g/mol. The van der Waals surface area contributed by atoms with Gasteiger partial charge in [0, 0.05) is 22.6 Å². The van der Waals surface area contributed by atoms with Crippen LogP contribution in [0.5, 0.6) is 0 Å². The Balaban J connectivity index is 2.26. The van der Waals surface area contributed by atoms with E-state index in [1.165, 1.54) is 4.90 Å². The molecule has 0 aliphatic heterocycles. The Morgan fingerprint density at radius 1 is 1.43 bits per heavy atom. The number of hydrogen-bond acceptors (Lipinski definition) is 3. The Bertz CT molecular complexity index is 690. The van der Waals surface area contributed by atoms with Gasteiger partial charge in [0.1, 0.15) is 6.54 Å². The summed E-state index contributed by atoms with van der Waals surface area (Å²) >= 11 is 3.35. The van der Waals surface area contributed by atoms with Crippen LogP contribution in [0.1, 0.15) is 6.92 Å². The van der Waals surface area contributed by atoms with E-state index in [0.717, 1.165) is 9.86 Å². The number of para-hydroxylation sites is 1. The highest BCUT2D eigenvalue weighted by atomic mass is 79.9. The van der Waals surface area contributed by atoms with E-state index in [-0.39, 0.29) is 6.54 Å². The zero-order valence-corrected chi connectivity index (χ0v) is 12.9. The predicted octanol–water partition coefficient (Wildman–Crippen LogP) is 2.94. The SMILES string of the molecule is CCN(CC(=O)O)C(=O)Nc1cccc2cc(Br)cnc12. The number of carbonyl (C=O) groups is 2. The third kappa shape index (κ3) is 3.69. The third-order valence-corrected chi connectivity index (χ3v) is 3.35. The van der Waals surface area contributed by atoms with Gasteiger partial charge >= 0.3 is 12.0 Å². The molecule has 110 valence electrons. The van der Waals surface area contributed by atoms with E-state index < -0.39 is 12.0 Å². The molecule has 1 aromatic carbocycles. The summed E-state index contributed by atoms with van der Waals surface area (Å²) in [6, 6.07) is 6.86. The van der Waals surface area contributed by atoms with Crippen molar-refractivity contribution in [3.8, 4) is 0 Å². The van der Waals surface area contributed by atoms with Gasteiger partial charge < -0.3 is 15.3 Å². The first kappa shape index (κ1) is 15.2. The number of carbonyl (C=O) groups excluding carboxylic acids is 1. The standard InChI is InChI=1S/C14H14BrN3O3/c1-2-18(8-12(19)20)14(21)17-11-5-3-4-9-6-10(15)7-16-13(9)11/h3-7H,2,8H2,1H3,(H,17,21)(H,19,20). The lowest BCUT2D eigenvalue weighted by Gasteiger charge is -2.19. The van der Waals surface area contributed by atoms with Crippen LogP contribution in [0.25, 0.3) is 10.9 Å². The van der Waals surface area contributed by atoms with Gasteiger partial charge in [-0.15, -0.1) is 0 Å². The molecule has 6 nitrogen and oxygen atoms in total. The van der Waals surface area contributed by atoms with E-state index in [4.69, 9.17) is 5.11 Å². The molecule has 0 unspecified atom stereocenters. The fraction of sp³-hybridized carbons (Fsp3) is 0.214. The van der Waals surface area contributed by atoms with Gasteiger partial charge in [-0.3, -0.25) is 9.78 Å². The molecule has 0 aliphatic carbocycles. The number of anilines is 1. The molecule has 1 heterocycles. The lowest BCUT2D eigenvalue weighted by atomic mass is 10.2. The molecule has 1 aromatic heterocycles. The van der Waals surface area contributed by atoms with Gasteiger partial charge in [-0.25, -0.2) is 4.79 Å². The lowest BCUT2D eigenvalue weighted by Crippen LogP contribution is -2.38. The number of likely N-dealkylation sites (N-methyl/N-ethyl adjacent to an activating group) is 1. The topological polar surface area (TPSA) is 82.5 Å². The van der Waals surface area contributed by atoms with E-state index in [0.29, 0.717) is 17.7 Å². The highest BCUT2D eigenvalue weighted by Gasteiger charge is 2.16. The quantitative estimate of drug-likeness (QED) is 0.886. The number of nitrogens with zero attached hydrogens (tertiary/aromatic N) is 2. The maximum Gasteiger partial charge on any atom is 0.323 e. The van der Waals surface area contributed by atoms with Crippen LogP contribution in [0.4, 0.5) is 10.5 Å². The summed E-state index contributed by atoms with van der Waals surface area (Å²) in [6.07, 6.45) is 1.65. The number of carboxylic acids is 1. The summed E-state index contributed by atoms with van der Waals surface area (Å²) < 4.78 is 0.847. The summed E-state index contributed by atoms with van der Waals surface area (Å²) in [5.41, 5.74) is 1.20. The first-order valence-electron chi connectivity index (χ1n) is 6.33. The van der Waals surface area contributed by atoms with Crippen LogP contribution >= 0.6 is 15.9 Å². The van der Waals surface area contributed by atoms with Crippen LogP contribution in [-0.2, 0) is 4.79 Å². The van der Waals surface area contributed by atoms with Crippen LogP contribution in [0.15, 0.2) is 34.9 Å². The molecule has 0 bridgehead atoms. The van der Waals surface area contributed by atoms with Crippen molar-refractivity contribution >= 4 is 44.5 Å². The number of pyridine rings is 1. The van der Waals surface area contributed by atoms with Crippen LogP contribution in [0.2, 0.25) is 0 Å². The molecule has 2 N–H and O–H groups in total. The number of carboxylic acid groups (broad SMARTS) is 1. The molecule has 2 amide bonds. The minimum atomic E-state index is -1.05. The number of rotatable bonds is 4. The Morgan fingerprint density at radius 3 is 2.86 bits per heavy atom. The predicted molar refractivity (Wildman–Crippen MR) is 83.3 cm³/mol. The van der Waals surface area contributed by atoms with Crippen molar-refractivity contribution < 1.29 is 14.7 Å². The number of amides is 2. The highest BCUT2D eigenvalue weighted by molar-refractivity contribution is 9.10. The van der Waals surface area contributed by atoms with Crippen molar-refractivity contribution in [1.82, 2.24) is 9.88 Å². The summed E-state index contributed by atoms with van der Waals surface area (Å²) in [5.74, 6) is -1.05. The van der Waals surface area contributed by atoms with Crippen LogP contribution < -0.4 is 5.32 Å². The van der Waals surface area contributed by atoms with E-state index in [1.807, 2.05) is 12.1 Å². The van der Waals surface area contributed by atoms with E-state index >= 15 is 0 Å². The van der Waals surface area contributed by atoms with Crippen molar-refractivity contribution in [2.75, 3.05) is 18.4 Å². The smallest absolute Gasteiger partial charge is 0.323 e. The van der Waals surface area contributed by atoms with E-state index in [1.54, 1.807) is 25.3 Å². The summed E-state index contributed by atoms with van der Waals surface area (Å²) in [6.45, 7) is 1.69. The largest absolute Gasteiger partial charge is 0.480 e. The fourth-order valence-electron chi connectivity index (χ4n) is 1.92. The van der Waals surface area contributed by atoms with Crippen molar-refractivity contribution in [3.05, 3.63) is 34.9 Å². The first-order valence-corrected chi connectivity index (χ1v) is 7.12. The molecule has 7 heteroatoms. The van der Waals surface area contributed by atoms with E-state index in [9.17, 15) is 9.59 Å². The van der Waals surface area contributed by atoms with Gasteiger partial charge in [-0.2, -0.15) is 0 Å². The fourth-order valence-corrected chi connectivity index (χ4v) is 2.27. The number of aromatic nitrogens is 1. The zero-order valence-electron chi connectivity index (χ0n) is 11.3. The van der Waals surface area contributed by atoms with Gasteiger partial charge in [0.25, 0.3) is 0 Å². The van der Waals surface area contributed by atoms with Gasteiger partial charge in [-0.1, -0.05) is 12.1 Å². The lowest BCUT2D eigenvalue weighted by molar-refractivity contribution is -0.137. The second-order valence-electron chi connectivity index (χ2n) is 4.37. The second-order valence-corrected chi connectivity index (χ2v) is 5.28. The first-order chi connectivity index (χ1) is 10.0. The zero-order chi connectivity index (χ0) is 15.4. The summed E-state index contributed by atoms with van der Waals surface area (Å²) in [7, 11) is 0. The third-order valence-electron chi connectivity index (χ3n) is 2.91. The summed E-state index contributed by atoms with van der Waals surface area (Å²) in [4.78, 5) is 28.3. The van der Waals surface area contributed by atoms with Crippen molar-refractivity contribution in [2.24, 2.45) is 0 Å². The number of urea groups is 1. The molecule has 2 aromatic rings. The normalized spacial score (nSPS) is 10.4. The molecular formula is C14H14BrN3O3. The average molecular weight is 352 g/mol. The van der Waals surface area contributed by atoms with Gasteiger partial charge in [0.2, 0.25) is 0 Å². The molecule has 0 saturated heterocycles. The highest BCUT2D eigenvalue weighted by Crippen LogP contribution is 2.24. The Labute approximate surface area is 129 Å². The molecule has 0 fully saturated rings. The van der Waals surface area contributed by atoms with E-state index in [2.05, 4.69) is 26.2 Å². The molecule has 0 atom stereocenters.